The molecule has 0 saturated heterocycles. The van der Waals surface area contributed by atoms with Gasteiger partial charge in [0.15, 0.2) is 0 Å². The Morgan fingerprint density at radius 1 is 0.811 bits per heavy atom. The zero-order chi connectivity index (χ0) is 26.0. The number of hydrogen-bond acceptors (Lipinski definition) is 6. The second kappa shape index (κ2) is 12.6. The molecule has 0 unspecified atom stereocenters. The highest BCUT2D eigenvalue weighted by molar-refractivity contribution is 5.76. The monoisotopic (exact) mass is 497 g/mol. The van der Waals surface area contributed by atoms with Crippen LogP contribution < -0.4 is 14.8 Å². The van der Waals surface area contributed by atoms with E-state index >= 15 is 0 Å². The minimum atomic E-state index is -0.654. The summed E-state index contributed by atoms with van der Waals surface area (Å²) < 4.78 is 16.5. The van der Waals surface area contributed by atoms with Gasteiger partial charge in [0, 0.05) is 11.6 Å². The molecule has 0 saturated carbocycles. The van der Waals surface area contributed by atoms with Crippen LogP contribution in [-0.4, -0.2) is 31.3 Å². The summed E-state index contributed by atoms with van der Waals surface area (Å²) in [5.74, 6) is 1.03. The first-order chi connectivity index (χ1) is 18.1. The normalized spacial score (nSPS) is 11.6. The number of hydrogen-bond donors (Lipinski definition) is 2. The number of phenols is 1. The van der Waals surface area contributed by atoms with Crippen molar-refractivity contribution in [1.82, 2.24) is 5.32 Å². The maximum absolute atomic E-state index is 13.5. The highest BCUT2D eigenvalue weighted by atomic mass is 16.5. The van der Waals surface area contributed by atoms with Gasteiger partial charge < -0.3 is 19.3 Å². The largest absolute Gasteiger partial charge is 0.508 e. The van der Waals surface area contributed by atoms with Crippen molar-refractivity contribution in [2.45, 2.75) is 25.1 Å². The van der Waals surface area contributed by atoms with Gasteiger partial charge in [-0.1, -0.05) is 72.8 Å². The van der Waals surface area contributed by atoms with E-state index in [1.165, 1.54) is 0 Å². The minimum absolute atomic E-state index is 0.0566. The van der Waals surface area contributed by atoms with Crippen LogP contribution in [0.4, 0.5) is 0 Å². The summed E-state index contributed by atoms with van der Waals surface area (Å²) >= 11 is 0. The standard InChI is InChI=1S/C31H31NO5/c1-35-27-18-15-25(29(20-27)36-2)21-37-31(34)28(19-22-13-16-26(33)17-14-22)32-30(23-9-5-3-6-10-23)24-11-7-4-8-12-24/h3-18,20,28,30,32-33H,19,21H2,1-2H3/t28-/m1/s1. The van der Waals surface area contributed by atoms with Crippen molar-refractivity contribution in [3.8, 4) is 17.2 Å². The van der Waals surface area contributed by atoms with Gasteiger partial charge in [-0.05, 0) is 47.4 Å². The Morgan fingerprint density at radius 2 is 1.43 bits per heavy atom. The predicted molar refractivity (Wildman–Crippen MR) is 143 cm³/mol. The molecule has 37 heavy (non-hydrogen) atoms. The third-order valence-electron chi connectivity index (χ3n) is 6.16. The Hall–Kier alpha value is -4.29. The van der Waals surface area contributed by atoms with Crippen molar-refractivity contribution in [1.29, 1.82) is 0 Å². The summed E-state index contributed by atoms with van der Waals surface area (Å²) in [6.07, 6.45) is 0.384. The Kier molecular flexibility index (Phi) is 8.79. The zero-order valence-electron chi connectivity index (χ0n) is 21.0. The number of carbonyl (C=O) groups excluding carboxylic acids is 1. The van der Waals surface area contributed by atoms with E-state index in [0.717, 1.165) is 22.3 Å². The van der Waals surface area contributed by atoms with Gasteiger partial charge >= 0.3 is 5.97 Å². The number of aromatic hydroxyl groups is 1. The smallest absolute Gasteiger partial charge is 0.323 e. The minimum Gasteiger partial charge on any atom is -0.508 e. The molecule has 0 radical (unpaired) electrons. The van der Waals surface area contributed by atoms with Crippen molar-refractivity contribution in [3.05, 3.63) is 125 Å². The van der Waals surface area contributed by atoms with E-state index in [1.54, 1.807) is 38.5 Å². The molecule has 1 atom stereocenters. The zero-order valence-corrected chi connectivity index (χ0v) is 21.0. The Balaban J connectivity index is 1.60. The molecule has 0 aliphatic rings. The maximum Gasteiger partial charge on any atom is 0.323 e. The van der Waals surface area contributed by atoms with Crippen LogP contribution in [0, 0.1) is 0 Å². The SMILES string of the molecule is COc1ccc(COC(=O)[C@@H](Cc2ccc(O)cc2)NC(c2ccccc2)c2ccccc2)c(OC)c1. The number of nitrogens with one attached hydrogen (secondary N) is 1. The van der Waals surface area contributed by atoms with Crippen LogP contribution >= 0.6 is 0 Å². The Bertz CT molecular complexity index is 1240. The second-order valence-electron chi connectivity index (χ2n) is 8.63. The number of methoxy groups -OCH3 is 2. The van der Waals surface area contributed by atoms with Gasteiger partial charge in [-0.2, -0.15) is 0 Å². The van der Waals surface area contributed by atoms with Gasteiger partial charge in [-0.15, -0.1) is 0 Å². The van der Waals surface area contributed by atoms with Gasteiger partial charge in [-0.3, -0.25) is 10.1 Å². The van der Waals surface area contributed by atoms with E-state index in [1.807, 2.05) is 78.9 Å². The molecule has 2 N–H and O–H groups in total. The number of rotatable bonds is 11. The fourth-order valence-electron chi connectivity index (χ4n) is 4.18. The summed E-state index contributed by atoms with van der Waals surface area (Å²) in [7, 11) is 3.16. The first kappa shape index (κ1) is 25.8. The lowest BCUT2D eigenvalue weighted by atomic mass is 9.96. The van der Waals surface area contributed by atoms with Crippen molar-refractivity contribution in [3.63, 3.8) is 0 Å². The average Bonchev–Trinajstić information content (AvgIpc) is 2.95. The van der Waals surface area contributed by atoms with Crippen LogP contribution in [0.2, 0.25) is 0 Å². The Labute approximate surface area is 217 Å². The fraction of sp³-hybridized carbons (Fsp3) is 0.194. The molecule has 0 heterocycles. The van der Waals surface area contributed by atoms with Crippen molar-refractivity contribution < 1.29 is 24.1 Å². The molecule has 0 aliphatic heterocycles. The topological polar surface area (TPSA) is 77.0 Å². The second-order valence-corrected chi connectivity index (χ2v) is 8.63. The predicted octanol–water partition coefficient (Wildman–Crippen LogP) is 5.44. The van der Waals surface area contributed by atoms with Gasteiger partial charge in [0.2, 0.25) is 0 Å². The maximum atomic E-state index is 13.5. The summed E-state index contributed by atoms with van der Waals surface area (Å²) in [6, 6.07) is 31.4. The number of benzene rings is 4. The van der Waals surface area contributed by atoms with Crippen molar-refractivity contribution >= 4 is 5.97 Å². The van der Waals surface area contributed by atoms with Crippen LogP contribution in [0.3, 0.4) is 0 Å². The summed E-state index contributed by atoms with van der Waals surface area (Å²) in [6.45, 7) is 0.0566. The van der Waals surface area contributed by atoms with Gasteiger partial charge in [0.25, 0.3) is 0 Å². The average molecular weight is 498 g/mol. The molecule has 190 valence electrons. The molecule has 4 aromatic carbocycles. The van der Waals surface area contributed by atoms with Crippen LogP contribution in [0.25, 0.3) is 0 Å². The Morgan fingerprint density at radius 3 is 2.00 bits per heavy atom. The lowest BCUT2D eigenvalue weighted by Crippen LogP contribution is -2.42. The van der Waals surface area contributed by atoms with E-state index in [4.69, 9.17) is 14.2 Å². The molecule has 0 bridgehead atoms. The van der Waals surface area contributed by atoms with E-state index in [2.05, 4.69) is 5.32 Å². The third kappa shape index (κ3) is 6.90. The molecule has 0 aromatic heterocycles. The summed E-state index contributed by atoms with van der Waals surface area (Å²) in [5, 5.41) is 13.3. The summed E-state index contributed by atoms with van der Waals surface area (Å²) in [4.78, 5) is 13.5. The molecular weight excluding hydrogens is 466 g/mol. The number of esters is 1. The van der Waals surface area contributed by atoms with Crippen LogP contribution in [0.15, 0.2) is 103 Å². The van der Waals surface area contributed by atoms with Crippen LogP contribution in [-0.2, 0) is 22.6 Å². The molecule has 4 rings (SSSR count). The molecule has 6 heteroatoms. The van der Waals surface area contributed by atoms with E-state index < -0.39 is 6.04 Å². The molecule has 0 amide bonds. The fourth-order valence-corrected chi connectivity index (χ4v) is 4.18. The molecule has 4 aromatic rings. The van der Waals surface area contributed by atoms with E-state index in [-0.39, 0.29) is 24.4 Å². The van der Waals surface area contributed by atoms with Crippen molar-refractivity contribution in [2.24, 2.45) is 0 Å². The van der Waals surface area contributed by atoms with Gasteiger partial charge in [0.05, 0.1) is 20.3 Å². The van der Waals surface area contributed by atoms with Gasteiger partial charge in [0.1, 0.15) is 29.9 Å². The molecular formula is C31H31NO5. The lowest BCUT2D eigenvalue weighted by Gasteiger charge is -2.26. The van der Waals surface area contributed by atoms with E-state index in [9.17, 15) is 9.90 Å². The molecule has 0 aliphatic carbocycles. The molecule has 0 fully saturated rings. The van der Waals surface area contributed by atoms with Crippen LogP contribution in [0.5, 0.6) is 17.2 Å². The first-order valence-electron chi connectivity index (χ1n) is 12.1. The third-order valence-corrected chi connectivity index (χ3v) is 6.16. The van der Waals surface area contributed by atoms with Crippen molar-refractivity contribution in [2.75, 3.05) is 14.2 Å². The van der Waals surface area contributed by atoms with Gasteiger partial charge in [-0.25, -0.2) is 0 Å². The lowest BCUT2D eigenvalue weighted by molar-refractivity contribution is -0.147. The number of carbonyl (C=O) groups is 1. The first-order valence-corrected chi connectivity index (χ1v) is 12.1. The van der Waals surface area contributed by atoms with E-state index in [0.29, 0.717) is 17.9 Å². The molecule has 6 nitrogen and oxygen atoms in total. The molecule has 0 spiro atoms. The number of ether oxygens (including phenoxy) is 3. The highest BCUT2D eigenvalue weighted by Crippen LogP contribution is 2.26. The summed E-state index contributed by atoms with van der Waals surface area (Å²) in [5.41, 5.74) is 3.71. The highest BCUT2D eigenvalue weighted by Gasteiger charge is 2.26. The quantitative estimate of drug-likeness (QED) is 0.269. The number of phenolic OH excluding ortho intramolecular Hbond substituents is 1. The van der Waals surface area contributed by atoms with Crippen LogP contribution in [0.1, 0.15) is 28.3 Å².